The largest absolute Gasteiger partial charge is 0.497 e. The second-order valence-corrected chi connectivity index (χ2v) is 7.03. The van der Waals surface area contributed by atoms with Gasteiger partial charge in [-0.15, -0.1) is 0 Å². The number of carbonyl (C=O) groups excluding carboxylic acids is 1. The number of hydrogen-bond donors (Lipinski definition) is 1. The zero-order chi connectivity index (χ0) is 22.1. The summed E-state index contributed by atoms with van der Waals surface area (Å²) in [5.74, 6) is -3.15. The minimum Gasteiger partial charge on any atom is -0.497 e. The lowest BCUT2D eigenvalue weighted by Gasteiger charge is -2.31. The molecule has 2 atom stereocenters. The highest BCUT2D eigenvalue weighted by Gasteiger charge is 2.44. The third-order valence-corrected chi connectivity index (χ3v) is 4.87. The van der Waals surface area contributed by atoms with E-state index in [1.165, 1.54) is 0 Å². The molecule has 1 N–H and O–H groups in total. The molecule has 0 amide bonds. The maximum Gasteiger partial charge on any atom is 0.321 e. The molecule has 1 aliphatic rings. The first-order valence-corrected chi connectivity index (χ1v) is 10.4. The standard InChI is InChI=1S/C22H32O8/c1-5-27-21(25)19(20(23)24)18(22(28-6-2)29-7-3)16-11-10-15(26-4)12-17(16)30-13-14-8-9-14/h10-12,14,18-19,22H,5-9,13H2,1-4H3,(H,23,24). The van der Waals surface area contributed by atoms with Crippen molar-refractivity contribution in [3.8, 4) is 11.5 Å². The molecule has 2 rings (SSSR count). The first-order chi connectivity index (χ1) is 14.5. The summed E-state index contributed by atoms with van der Waals surface area (Å²) in [6.07, 6.45) is 1.23. The van der Waals surface area contributed by atoms with E-state index in [0.29, 0.717) is 29.6 Å². The lowest BCUT2D eigenvalue weighted by Crippen LogP contribution is -2.40. The van der Waals surface area contributed by atoms with Crippen LogP contribution in [0.1, 0.15) is 45.1 Å². The fraction of sp³-hybridized carbons (Fsp3) is 0.636. The normalized spacial score (nSPS) is 15.5. The van der Waals surface area contributed by atoms with Crippen LogP contribution in [0.15, 0.2) is 18.2 Å². The van der Waals surface area contributed by atoms with Crippen molar-refractivity contribution in [3.63, 3.8) is 0 Å². The summed E-state index contributed by atoms with van der Waals surface area (Å²) in [5, 5.41) is 9.93. The molecule has 0 saturated heterocycles. The van der Waals surface area contributed by atoms with Gasteiger partial charge in [0.15, 0.2) is 12.2 Å². The van der Waals surface area contributed by atoms with Crippen molar-refractivity contribution < 1.29 is 38.4 Å². The fourth-order valence-corrected chi connectivity index (χ4v) is 3.23. The molecule has 0 aliphatic heterocycles. The monoisotopic (exact) mass is 424 g/mol. The van der Waals surface area contributed by atoms with Crippen LogP contribution in [0, 0.1) is 11.8 Å². The van der Waals surface area contributed by atoms with Gasteiger partial charge in [0.05, 0.1) is 26.2 Å². The number of benzene rings is 1. The molecular formula is C22H32O8. The van der Waals surface area contributed by atoms with Gasteiger partial charge in [-0.3, -0.25) is 9.59 Å². The molecule has 0 bridgehead atoms. The van der Waals surface area contributed by atoms with Crippen LogP contribution in [-0.4, -0.2) is 56.9 Å². The van der Waals surface area contributed by atoms with Crippen LogP contribution in [0.5, 0.6) is 11.5 Å². The van der Waals surface area contributed by atoms with Gasteiger partial charge in [-0.2, -0.15) is 0 Å². The fourth-order valence-electron chi connectivity index (χ4n) is 3.23. The highest BCUT2D eigenvalue weighted by molar-refractivity contribution is 5.95. The summed E-state index contributed by atoms with van der Waals surface area (Å²) >= 11 is 0. The molecule has 8 heteroatoms. The lowest BCUT2D eigenvalue weighted by atomic mass is 9.84. The number of ether oxygens (including phenoxy) is 5. The summed E-state index contributed by atoms with van der Waals surface area (Å²) in [6, 6.07) is 5.10. The molecule has 30 heavy (non-hydrogen) atoms. The summed E-state index contributed by atoms with van der Waals surface area (Å²) in [7, 11) is 1.54. The second kappa shape index (κ2) is 11.8. The van der Waals surface area contributed by atoms with E-state index in [-0.39, 0.29) is 19.8 Å². The van der Waals surface area contributed by atoms with E-state index >= 15 is 0 Å². The Bertz CT molecular complexity index is 694. The third-order valence-electron chi connectivity index (χ3n) is 4.87. The molecule has 1 fully saturated rings. The van der Waals surface area contributed by atoms with Crippen molar-refractivity contribution >= 4 is 11.9 Å². The molecule has 2 unspecified atom stereocenters. The second-order valence-electron chi connectivity index (χ2n) is 7.03. The van der Waals surface area contributed by atoms with Gasteiger partial charge in [-0.25, -0.2) is 0 Å². The Morgan fingerprint density at radius 3 is 2.27 bits per heavy atom. The molecule has 1 aliphatic carbocycles. The van der Waals surface area contributed by atoms with Crippen molar-refractivity contribution in [2.75, 3.05) is 33.5 Å². The molecule has 1 saturated carbocycles. The van der Waals surface area contributed by atoms with Gasteiger partial charge in [-0.1, -0.05) is 6.07 Å². The predicted molar refractivity (Wildman–Crippen MR) is 109 cm³/mol. The molecule has 1 aromatic rings. The molecular weight excluding hydrogens is 392 g/mol. The minimum absolute atomic E-state index is 0.0664. The van der Waals surface area contributed by atoms with Crippen LogP contribution in [0.3, 0.4) is 0 Å². The van der Waals surface area contributed by atoms with E-state index in [4.69, 9.17) is 23.7 Å². The maximum atomic E-state index is 12.6. The van der Waals surface area contributed by atoms with Gasteiger partial charge in [0.2, 0.25) is 0 Å². The van der Waals surface area contributed by atoms with Crippen LogP contribution >= 0.6 is 0 Å². The van der Waals surface area contributed by atoms with Crippen molar-refractivity contribution in [1.29, 1.82) is 0 Å². The molecule has 1 aromatic carbocycles. The number of hydrogen-bond acceptors (Lipinski definition) is 7. The first kappa shape index (κ1) is 24.0. The molecule has 0 aromatic heterocycles. The number of aliphatic carboxylic acids is 1. The van der Waals surface area contributed by atoms with E-state index in [0.717, 1.165) is 12.8 Å². The zero-order valence-electron chi connectivity index (χ0n) is 18.1. The number of rotatable bonds is 14. The SMILES string of the molecule is CCOC(=O)C(C(=O)O)C(c1ccc(OC)cc1OCC1CC1)C(OCC)OCC. The number of carboxylic acids is 1. The number of esters is 1. The van der Waals surface area contributed by atoms with E-state index < -0.39 is 30.1 Å². The quantitative estimate of drug-likeness (QED) is 0.276. The topological polar surface area (TPSA) is 101 Å². The maximum absolute atomic E-state index is 12.6. The number of carbonyl (C=O) groups is 2. The Labute approximate surface area is 177 Å². The van der Waals surface area contributed by atoms with Crippen LogP contribution < -0.4 is 9.47 Å². The Morgan fingerprint density at radius 2 is 1.77 bits per heavy atom. The summed E-state index contributed by atoms with van der Waals surface area (Å²) in [6.45, 7) is 6.33. The van der Waals surface area contributed by atoms with Gasteiger partial charge in [0.25, 0.3) is 0 Å². The average molecular weight is 424 g/mol. The summed E-state index contributed by atoms with van der Waals surface area (Å²) < 4.78 is 27.9. The summed E-state index contributed by atoms with van der Waals surface area (Å²) in [4.78, 5) is 24.8. The van der Waals surface area contributed by atoms with Crippen molar-refractivity contribution in [2.45, 2.75) is 45.8 Å². The Balaban J connectivity index is 2.55. The van der Waals surface area contributed by atoms with Crippen LogP contribution in [-0.2, 0) is 23.8 Å². The smallest absolute Gasteiger partial charge is 0.321 e. The van der Waals surface area contributed by atoms with E-state index in [1.54, 1.807) is 46.1 Å². The van der Waals surface area contributed by atoms with E-state index in [1.807, 2.05) is 0 Å². The van der Waals surface area contributed by atoms with Gasteiger partial charge in [0, 0.05) is 24.8 Å². The van der Waals surface area contributed by atoms with Gasteiger partial charge in [0.1, 0.15) is 11.5 Å². The Morgan fingerprint density at radius 1 is 1.10 bits per heavy atom. The average Bonchev–Trinajstić information content (AvgIpc) is 3.54. The molecule has 168 valence electrons. The molecule has 0 heterocycles. The highest BCUT2D eigenvalue weighted by atomic mass is 16.7. The van der Waals surface area contributed by atoms with Gasteiger partial charge < -0.3 is 28.8 Å². The highest BCUT2D eigenvalue weighted by Crippen LogP contribution is 2.40. The number of methoxy groups -OCH3 is 1. The molecule has 8 nitrogen and oxygen atoms in total. The van der Waals surface area contributed by atoms with Gasteiger partial charge >= 0.3 is 11.9 Å². The van der Waals surface area contributed by atoms with E-state index in [2.05, 4.69) is 0 Å². The minimum atomic E-state index is -1.52. The van der Waals surface area contributed by atoms with Crippen LogP contribution in [0.2, 0.25) is 0 Å². The van der Waals surface area contributed by atoms with Crippen LogP contribution in [0.4, 0.5) is 0 Å². The Kier molecular flexibility index (Phi) is 9.39. The first-order valence-electron chi connectivity index (χ1n) is 10.4. The zero-order valence-corrected chi connectivity index (χ0v) is 18.1. The van der Waals surface area contributed by atoms with Crippen molar-refractivity contribution in [1.82, 2.24) is 0 Å². The van der Waals surface area contributed by atoms with Gasteiger partial charge in [-0.05, 0) is 45.6 Å². The molecule has 0 spiro atoms. The molecule has 0 radical (unpaired) electrons. The summed E-state index contributed by atoms with van der Waals surface area (Å²) in [5.41, 5.74) is 0.504. The van der Waals surface area contributed by atoms with Crippen molar-refractivity contribution in [3.05, 3.63) is 23.8 Å². The van der Waals surface area contributed by atoms with Crippen molar-refractivity contribution in [2.24, 2.45) is 11.8 Å². The van der Waals surface area contributed by atoms with E-state index in [9.17, 15) is 14.7 Å². The number of carboxylic acid groups (broad SMARTS) is 1. The lowest BCUT2D eigenvalue weighted by molar-refractivity contribution is -0.181. The predicted octanol–water partition coefficient (Wildman–Crippen LogP) is 3.23. The van der Waals surface area contributed by atoms with Crippen LogP contribution in [0.25, 0.3) is 0 Å². The Hall–Kier alpha value is -2.32. The third kappa shape index (κ3) is 6.34.